The van der Waals surface area contributed by atoms with Crippen molar-refractivity contribution >= 4 is 77.3 Å². The summed E-state index contributed by atoms with van der Waals surface area (Å²) in [6, 6.07) is 0. The molecular weight excluding hydrogens is 631 g/mol. The fourth-order valence-corrected chi connectivity index (χ4v) is 0. The average molecular weight is 682 g/mol. The topological polar surface area (TPSA) is 420 Å². The van der Waals surface area contributed by atoms with Crippen LogP contribution < -0.4 is 23.8 Å². The van der Waals surface area contributed by atoms with E-state index in [9.17, 15) is 0 Å². The number of rotatable bonds is 1. The summed E-state index contributed by atoms with van der Waals surface area (Å²) >= 11 is 0. The van der Waals surface area contributed by atoms with E-state index in [1.165, 1.54) is 0 Å². The summed E-state index contributed by atoms with van der Waals surface area (Å²) in [7, 11) is 0. The molecule has 0 spiro atoms. The summed E-state index contributed by atoms with van der Waals surface area (Å²) in [5, 5.41) is 59.3. The van der Waals surface area contributed by atoms with Gasteiger partial charge in [0.1, 0.15) is 0 Å². The summed E-state index contributed by atoms with van der Waals surface area (Å²) in [5.74, 6) is -6.67. The van der Waals surface area contributed by atoms with Crippen LogP contribution in [-0.2, 0) is 55.4 Å². The van der Waals surface area contributed by atoms with E-state index in [4.69, 9.17) is 90.7 Å². The third-order valence-electron chi connectivity index (χ3n) is 0.167. The summed E-state index contributed by atoms with van der Waals surface area (Å²) in [6.07, 6.45) is 0. The van der Waals surface area contributed by atoms with Crippen molar-refractivity contribution in [3.8, 4) is 0 Å². The quantitative estimate of drug-likeness (QED) is 0.129. The first kappa shape index (κ1) is 90.1. The second-order valence-electron chi connectivity index (χ2n) is 4.73. The van der Waals surface area contributed by atoms with Gasteiger partial charge in [-0.2, -0.15) is 0 Å². The van der Waals surface area contributed by atoms with Crippen molar-refractivity contribution in [3.05, 3.63) is 13.2 Å². The zero-order valence-electron chi connectivity index (χ0n) is 24.6. The first-order chi connectivity index (χ1) is 16.8. The Morgan fingerprint density at radius 1 is 0.405 bits per heavy atom. The molecule has 0 saturated carbocycles. The van der Waals surface area contributed by atoms with Crippen LogP contribution in [0.3, 0.4) is 0 Å². The average Bonchev–Trinajstić information content (AvgIpc) is 2.59. The van der Waals surface area contributed by atoms with Crippen LogP contribution in [-0.4, -0.2) is 131 Å². The minimum absolute atomic E-state index is 0. The maximum atomic E-state index is 9.00. The Bertz CT molecular complexity index is 437. The van der Waals surface area contributed by atoms with Crippen molar-refractivity contribution in [2.24, 2.45) is 11.5 Å². The van der Waals surface area contributed by atoms with Gasteiger partial charge in [-0.3, -0.25) is 38.4 Å². The van der Waals surface area contributed by atoms with E-state index < -0.39 is 47.8 Å². The molecule has 20 nitrogen and oxygen atoms in total. The SMILES string of the molecule is C=C.CC(=O)O.CC(=O)O.CC(=O)O.CC(=O)O.CC(=O)O.CC(=O)O.CC(=O)O.CC(=O)O.N.N.NCCN.[Fe].[NaH]. The van der Waals surface area contributed by atoms with Crippen LogP contribution in [0.1, 0.15) is 55.4 Å². The molecule has 256 valence electrons. The van der Waals surface area contributed by atoms with E-state index in [-0.39, 0.29) is 58.9 Å². The Kier molecular flexibility index (Phi) is 211. The van der Waals surface area contributed by atoms with E-state index in [1.54, 1.807) is 0 Å². The molecule has 0 aromatic heterocycles. The standard InChI is InChI=1S/C2H8N2.8C2H4O2.C2H4.Fe.2H3N.Na.H/c3-1-2-4;8*1-2(3)4;1-2;;;;;/h1-4H2;8*1H3,(H,3,4);1-2H2;;2*1H3;;. The molecule has 0 saturated heterocycles. The Morgan fingerprint density at radius 2 is 0.429 bits per heavy atom. The number of nitrogens with two attached hydrogens (primary N) is 2. The van der Waals surface area contributed by atoms with Gasteiger partial charge >= 0.3 is 29.6 Å². The van der Waals surface area contributed by atoms with Crippen molar-refractivity contribution in [2.45, 2.75) is 55.4 Å². The molecule has 0 rings (SSSR count). The van der Waals surface area contributed by atoms with Crippen molar-refractivity contribution in [2.75, 3.05) is 13.1 Å². The van der Waals surface area contributed by atoms with E-state index in [0.717, 1.165) is 55.4 Å². The summed E-state index contributed by atoms with van der Waals surface area (Å²) in [5.41, 5.74) is 9.81. The predicted octanol–water partition coefficient (Wildman–Crippen LogP) is 0.106. The molecule has 0 bridgehead atoms. The molecule has 0 unspecified atom stereocenters. The third-order valence-corrected chi connectivity index (χ3v) is 0.167. The molecule has 0 aliphatic carbocycles. The van der Waals surface area contributed by atoms with Gasteiger partial charge in [-0.1, -0.05) is 0 Å². The van der Waals surface area contributed by atoms with Gasteiger partial charge in [0.2, 0.25) is 0 Å². The Balaban J connectivity index is -0.0000000172. The van der Waals surface area contributed by atoms with Crippen LogP contribution in [0.15, 0.2) is 13.2 Å². The number of carboxylic acid groups (broad SMARTS) is 8. The Labute approximate surface area is 278 Å². The van der Waals surface area contributed by atoms with Crippen LogP contribution in [0.25, 0.3) is 0 Å². The zero-order chi connectivity index (χ0) is 34.0. The molecule has 0 aromatic rings. The molecule has 42 heavy (non-hydrogen) atoms. The first-order valence-electron chi connectivity index (χ1n) is 9.24. The number of carbonyl (C=O) groups is 8. The second kappa shape index (κ2) is 98.4. The molecule has 0 atom stereocenters. The summed E-state index contributed by atoms with van der Waals surface area (Å²) < 4.78 is 0. The molecule has 0 radical (unpaired) electrons. The Morgan fingerprint density at radius 3 is 0.429 bits per heavy atom. The van der Waals surface area contributed by atoms with Crippen molar-refractivity contribution < 1.29 is 96.3 Å². The minimum atomic E-state index is -0.833. The number of hydrogen-bond acceptors (Lipinski definition) is 12. The van der Waals surface area contributed by atoms with E-state index >= 15 is 0 Å². The van der Waals surface area contributed by atoms with Crippen LogP contribution in [0.5, 0.6) is 0 Å². The fraction of sp³-hybridized carbons (Fsp3) is 0.500. The van der Waals surface area contributed by atoms with Gasteiger partial charge in [0.05, 0.1) is 0 Å². The predicted molar refractivity (Wildman–Crippen MR) is 153 cm³/mol. The van der Waals surface area contributed by atoms with Crippen molar-refractivity contribution in [3.63, 3.8) is 0 Å². The first-order valence-corrected chi connectivity index (χ1v) is 9.24. The second-order valence-corrected chi connectivity index (χ2v) is 4.73. The molecule has 0 aliphatic rings. The van der Waals surface area contributed by atoms with Crippen LogP contribution in [0.2, 0.25) is 0 Å². The number of carboxylic acids is 8. The zero-order valence-corrected chi connectivity index (χ0v) is 25.7. The molecule has 0 aromatic carbocycles. The fourth-order valence-electron chi connectivity index (χ4n) is 0. The third kappa shape index (κ3) is 10300. The van der Waals surface area contributed by atoms with E-state index in [1.807, 2.05) is 0 Å². The normalized spacial score (nSPS) is 5.57. The molecule has 0 aliphatic heterocycles. The van der Waals surface area contributed by atoms with Gasteiger partial charge in [0.25, 0.3) is 47.8 Å². The molecule has 18 N–H and O–H groups in total. The van der Waals surface area contributed by atoms with Crippen LogP contribution in [0.4, 0.5) is 0 Å². The van der Waals surface area contributed by atoms with Gasteiger partial charge in [-0.25, -0.2) is 0 Å². The molecule has 0 fully saturated rings. The van der Waals surface area contributed by atoms with E-state index in [0.29, 0.717) is 13.1 Å². The van der Waals surface area contributed by atoms with Crippen molar-refractivity contribution in [1.82, 2.24) is 12.3 Å². The van der Waals surface area contributed by atoms with Gasteiger partial charge in [-0.15, -0.1) is 13.2 Å². The Hall–Kier alpha value is -3.14. The maximum absolute atomic E-state index is 9.00. The van der Waals surface area contributed by atoms with Crippen LogP contribution >= 0.6 is 0 Å². The molecule has 0 amide bonds. The molecule has 22 heteroatoms. The van der Waals surface area contributed by atoms with Crippen LogP contribution in [0, 0.1) is 0 Å². The van der Waals surface area contributed by atoms with Gasteiger partial charge < -0.3 is 64.6 Å². The summed E-state index contributed by atoms with van der Waals surface area (Å²) in [6.45, 7) is 15.9. The monoisotopic (exact) mass is 682 g/mol. The van der Waals surface area contributed by atoms with Gasteiger partial charge in [-0.05, 0) is 0 Å². The van der Waals surface area contributed by atoms with E-state index in [2.05, 4.69) is 13.2 Å². The van der Waals surface area contributed by atoms with Crippen molar-refractivity contribution in [1.29, 1.82) is 0 Å². The molecular formula is C20H51FeN4NaO16. The number of aliphatic carboxylic acids is 8. The van der Waals surface area contributed by atoms with Gasteiger partial charge in [0, 0.05) is 85.5 Å². The van der Waals surface area contributed by atoms with Gasteiger partial charge in [0.15, 0.2) is 0 Å². The summed E-state index contributed by atoms with van der Waals surface area (Å²) in [4.78, 5) is 72.0. The molecule has 0 heterocycles. The number of hydrogen-bond donors (Lipinski definition) is 12.